The number of aromatic nitrogens is 2. The average Bonchev–Trinajstić information content (AvgIpc) is 3.64. The summed E-state index contributed by atoms with van der Waals surface area (Å²) in [6, 6.07) is 78.6. The van der Waals surface area contributed by atoms with Gasteiger partial charge in [0.15, 0.2) is 8.07 Å². The Morgan fingerprint density at radius 2 is 1.09 bits per heavy atom. The van der Waals surface area contributed by atoms with Gasteiger partial charge in [0.05, 0.1) is 16.7 Å². The topological polar surface area (TPSA) is 30.3 Å². The van der Waals surface area contributed by atoms with Crippen LogP contribution in [0.4, 0.5) is 17.1 Å². The first-order valence-electron chi connectivity index (χ1n) is 19.7. The fourth-order valence-electron chi connectivity index (χ4n) is 9.22. The van der Waals surface area contributed by atoms with Crippen LogP contribution in [-0.4, -0.2) is 17.6 Å². The van der Waals surface area contributed by atoms with Crippen molar-refractivity contribution in [3.05, 3.63) is 225 Å². The molecule has 5 heteroatoms. The number of hydrogen-bond donors (Lipinski definition) is 0. The molecule has 0 radical (unpaired) electrons. The minimum atomic E-state index is -3.03. The number of anilines is 3. The SMILES string of the molecule is c1ccc(-n2c3ccccc3c3c4c(ccc32)N(c2cccc(Oc3cccc(-c5ccccn5)c3)c2)c2ccccc2[Si]4(c2ccccc2)c2ccccc2)cc1. The van der Waals surface area contributed by atoms with Crippen molar-refractivity contribution >= 4 is 67.7 Å². The molecular formula is C53H37N3OSi. The lowest BCUT2D eigenvalue weighted by atomic mass is 10.1. The standard InChI is InChI=1S/C53H37N3OSi/c1-4-19-39(20-5-1)55-47-30-11-10-28-45(47)52-49(55)33-34-50-53(52)58(43-24-6-2-7-25-43,44-26-8-3-9-27-44)51-32-13-12-31-48(51)56(50)40-21-17-23-42(37-40)57-41-22-16-18-38(36-41)46-29-14-15-35-54-46/h1-37H. The predicted molar refractivity (Wildman–Crippen MR) is 242 cm³/mol. The molecule has 4 nitrogen and oxygen atoms in total. The predicted octanol–water partition coefficient (Wildman–Crippen LogP) is 10.8. The van der Waals surface area contributed by atoms with Gasteiger partial charge in [0, 0.05) is 51.3 Å². The summed E-state index contributed by atoms with van der Waals surface area (Å²) in [5.74, 6) is 1.52. The highest BCUT2D eigenvalue weighted by molar-refractivity contribution is 7.22. The molecule has 10 aromatic rings. The van der Waals surface area contributed by atoms with Gasteiger partial charge in [0.25, 0.3) is 0 Å². The summed E-state index contributed by atoms with van der Waals surface area (Å²) in [5.41, 5.74) is 8.83. The third-order valence-corrected chi connectivity index (χ3v) is 16.4. The molecule has 0 N–H and O–H groups in total. The van der Waals surface area contributed by atoms with Crippen molar-refractivity contribution in [2.24, 2.45) is 0 Å². The number of rotatable bonds is 7. The Bertz CT molecular complexity index is 3050. The Balaban J connectivity index is 1.20. The van der Waals surface area contributed by atoms with Crippen molar-refractivity contribution in [1.82, 2.24) is 9.55 Å². The van der Waals surface area contributed by atoms with E-state index in [0.29, 0.717) is 0 Å². The molecule has 58 heavy (non-hydrogen) atoms. The Hall–Kier alpha value is -7.47. The zero-order valence-electron chi connectivity index (χ0n) is 31.6. The van der Waals surface area contributed by atoms with Crippen LogP contribution < -0.4 is 30.4 Å². The highest BCUT2D eigenvalue weighted by atomic mass is 28.3. The van der Waals surface area contributed by atoms with Crippen LogP contribution in [-0.2, 0) is 0 Å². The van der Waals surface area contributed by atoms with Gasteiger partial charge in [-0.3, -0.25) is 4.98 Å². The van der Waals surface area contributed by atoms with Crippen LogP contribution in [0.2, 0.25) is 0 Å². The monoisotopic (exact) mass is 759 g/mol. The van der Waals surface area contributed by atoms with Crippen molar-refractivity contribution in [3.8, 4) is 28.4 Å². The molecule has 1 aliphatic rings. The average molecular weight is 760 g/mol. The van der Waals surface area contributed by atoms with Crippen molar-refractivity contribution in [3.63, 3.8) is 0 Å². The minimum Gasteiger partial charge on any atom is -0.457 e. The Labute approximate surface area is 338 Å². The number of hydrogen-bond acceptors (Lipinski definition) is 3. The van der Waals surface area contributed by atoms with E-state index in [4.69, 9.17) is 4.74 Å². The highest BCUT2D eigenvalue weighted by Crippen LogP contribution is 2.44. The van der Waals surface area contributed by atoms with Crippen LogP contribution in [0, 0.1) is 0 Å². The van der Waals surface area contributed by atoms with Crippen molar-refractivity contribution in [2.45, 2.75) is 0 Å². The summed E-state index contributed by atoms with van der Waals surface area (Å²) in [5, 5.41) is 7.95. The second-order valence-corrected chi connectivity index (χ2v) is 18.4. The maximum absolute atomic E-state index is 6.66. The van der Waals surface area contributed by atoms with E-state index < -0.39 is 8.07 Å². The zero-order valence-corrected chi connectivity index (χ0v) is 32.6. The Morgan fingerprint density at radius 3 is 1.84 bits per heavy atom. The first-order valence-corrected chi connectivity index (χ1v) is 21.7. The van der Waals surface area contributed by atoms with Crippen LogP contribution in [0.1, 0.15) is 0 Å². The van der Waals surface area contributed by atoms with Crippen LogP contribution >= 0.6 is 0 Å². The van der Waals surface area contributed by atoms with E-state index in [1.165, 1.54) is 53.9 Å². The van der Waals surface area contributed by atoms with E-state index in [2.05, 4.69) is 196 Å². The van der Waals surface area contributed by atoms with E-state index in [-0.39, 0.29) is 0 Å². The number of ether oxygens (including phenoxy) is 1. The van der Waals surface area contributed by atoms with E-state index in [1.807, 2.05) is 42.6 Å². The molecule has 2 aromatic heterocycles. The molecule has 0 spiro atoms. The van der Waals surface area contributed by atoms with Crippen LogP contribution in [0.5, 0.6) is 11.5 Å². The lowest BCUT2D eigenvalue weighted by Crippen LogP contribution is -2.77. The van der Waals surface area contributed by atoms with Crippen LogP contribution in [0.15, 0.2) is 225 Å². The molecule has 0 aliphatic carbocycles. The van der Waals surface area contributed by atoms with Gasteiger partial charge in [-0.2, -0.15) is 0 Å². The number of para-hydroxylation sites is 3. The number of nitrogens with zero attached hydrogens (tertiary/aromatic N) is 3. The van der Waals surface area contributed by atoms with Gasteiger partial charge in [-0.15, -0.1) is 0 Å². The van der Waals surface area contributed by atoms with E-state index >= 15 is 0 Å². The second kappa shape index (κ2) is 13.9. The lowest BCUT2D eigenvalue weighted by Gasteiger charge is -2.45. The molecule has 11 rings (SSSR count). The number of benzene rings is 8. The maximum Gasteiger partial charge on any atom is 0.184 e. The molecule has 0 bridgehead atoms. The number of fused-ring (bicyclic) bond motifs is 6. The van der Waals surface area contributed by atoms with Gasteiger partial charge >= 0.3 is 0 Å². The van der Waals surface area contributed by atoms with Crippen molar-refractivity contribution in [1.29, 1.82) is 0 Å². The summed E-state index contributed by atoms with van der Waals surface area (Å²) >= 11 is 0. The fraction of sp³-hybridized carbons (Fsp3) is 0. The van der Waals surface area contributed by atoms with Crippen LogP contribution in [0.25, 0.3) is 38.8 Å². The van der Waals surface area contributed by atoms with E-state index in [9.17, 15) is 0 Å². The maximum atomic E-state index is 6.66. The Morgan fingerprint density at radius 1 is 0.448 bits per heavy atom. The molecule has 0 saturated carbocycles. The quantitative estimate of drug-likeness (QED) is 0.152. The fourth-order valence-corrected chi connectivity index (χ4v) is 14.5. The van der Waals surface area contributed by atoms with Gasteiger partial charge in [-0.1, -0.05) is 140 Å². The molecule has 1 aliphatic heterocycles. The first-order chi connectivity index (χ1) is 28.8. The minimum absolute atomic E-state index is 0.759. The molecule has 0 amide bonds. The van der Waals surface area contributed by atoms with Crippen molar-refractivity contribution < 1.29 is 4.74 Å². The van der Waals surface area contributed by atoms with Crippen molar-refractivity contribution in [2.75, 3.05) is 4.90 Å². The van der Waals surface area contributed by atoms with Gasteiger partial charge in [-0.25, -0.2) is 0 Å². The van der Waals surface area contributed by atoms with E-state index in [1.54, 1.807) is 0 Å². The highest BCUT2D eigenvalue weighted by Gasteiger charge is 2.50. The number of pyridine rings is 1. The summed E-state index contributed by atoms with van der Waals surface area (Å²) in [6.07, 6.45) is 1.82. The van der Waals surface area contributed by atoms with Gasteiger partial charge in [0.1, 0.15) is 11.5 Å². The summed E-state index contributed by atoms with van der Waals surface area (Å²) in [4.78, 5) is 7.03. The van der Waals surface area contributed by atoms with E-state index in [0.717, 1.165) is 34.1 Å². The molecule has 0 unspecified atom stereocenters. The second-order valence-electron chi connectivity index (χ2n) is 14.7. The molecule has 0 atom stereocenters. The molecular weight excluding hydrogens is 723 g/mol. The normalized spacial score (nSPS) is 12.9. The Kier molecular flexibility index (Phi) is 8.12. The third-order valence-electron chi connectivity index (χ3n) is 11.5. The largest absolute Gasteiger partial charge is 0.457 e. The van der Waals surface area contributed by atoms with Gasteiger partial charge in [0.2, 0.25) is 0 Å². The summed E-state index contributed by atoms with van der Waals surface area (Å²) < 4.78 is 9.10. The smallest absolute Gasteiger partial charge is 0.184 e. The summed E-state index contributed by atoms with van der Waals surface area (Å²) in [7, 11) is -3.03. The zero-order chi connectivity index (χ0) is 38.5. The molecule has 8 aromatic carbocycles. The van der Waals surface area contributed by atoms with Crippen LogP contribution in [0.3, 0.4) is 0 Å². The third kappa shape index (κ3) is 5.32. The lowest BCUT2D eigenvalue weighted by molar-refractivity contribution is 0.483. The molecule has 0 fully saturated rings. The van der Waals surface area contributed by atoms with Gasteiger partial charge in [-0.05, 0) is 93.5 Å². The van der Waals surface area contributed by atoms with Gasteiger partial charge < -0.3 is 14.2 Å². The first kappa shape index (κ1) is 33.8. The molecule has 274 valence electrons. The summed E-state index contributed by atoms with van der Waals surface area (Å²) in [6.45, 7) is 0. The molecule has 3 heterocycles. The molecule has 0 saturated heterocycles.